The van der Waals surface area contributed by atoms with Crippen LogP contribution >= 0.6 is 0 Å². The maximum absolute atomic E-state index is 13.6. The van der Waals surface area contributed by atoms with E-state index in [1.54, 1.807) is 11.1 Å². The van der Waals surface area contributed by atoms with Crippen molar-refractivity contribution in [1.29, 1.82) is 0 Å². The zero-order valence-electron chi connectivity index (χ0n) is 17.0. The average molecular weight is 418 g/mol. The summed E-state index contributed by atoms with van der Waals surface area (Å²) in [6, 6.07) is 9.43. The zero-order valence-corrected chi connectivity index (χ0v) is 17.0. The number of halogens is 3. The fourth-order valence-electron chi connectivity index (χ4n) is 4.38. The van der Waals surface area contributed by atoms with Crippen molar-refractivity contribution >= 4 is 23.1 Å². The summed E-state index contributed by atoms with van der Waals surface area (Å²) in [5.74, 6) is 0.369. The summed E-state index contributed by atoms with van der Waals surface area (Å²) >= 11 is 0. The number of nitrogens with one attached hydrogen (secondary N) is 1. The van der Waals surface area contributed by atoms with E-state index in [1.165, 1.54) is 4.90 Å². The number of alkyl halides is 3. The number of hydrogen-bond acceptors (Lipinski definition) is 4. The van der Waals surface area contributed by atoms with Gasteiger partial charge in [-0.05, 0) is 63.5 Å². The van der Waals surface area contributed by atoms with Gasteiger partial charge in [0.25, 0.3) is 0 Å². The molecule has 3 heterocycles. The van der Waals surface area contributed by atoms with Crippen LogP contribution < -0.4 is 10.2 Å². The third-order valence-electron chi connectivity index (χ3n) is 5.92. The number of anilines is 3. The van der Waals surface area contributed by atoms with Crippen LogP contribution in [0.25, 0.3) is 0 Å². The quantitative estimate of drug-likeness (QED) is 0.760. The van der Waals surface area contributed by atoms with Crippen LogP contribution in [0.2, 0.25) is 0 Å². The Labute approximate surface area is 173 Å². The molecule has 1 atom stereocenters. The van der Waals surface area contributed by atoms with Gasteiger partial charge in [-0.15, -0.1) is 0 Å². The molecular formula is C22H25F3N4O. The largest absolute Gasteiger partial charge is 0.401 e. The molecule has 1 saturated heterocycles. The van der Waals surface area contributed by atoms with Gasteiger partial charge in [-0.25, -0.2) is 4.98 Å². The van der Waals surface area contributed by atoms with Gasteiger partial charge in [0.15, 0.2) is 0 Å². The molecule has 1 amide bonds. The van der Waals surface area contributed by atoms with Gasteiger partial charge in [0.05, 0.1) is 24.0 Å². The molecule has 1 unspecified atom stereocenters. The number of aromatic nitrogens is 1. The minimum absolute atomic E-state index is 0.0421. The zero-order chi connectivity index (χ0) is 21.5. The van der Waals surface area contributed by atoms with Crippen LogP contribution in [0.15, 0.2) is 36.5 Å². The van der Waals surface area contributed by atoms with Crippen molar-refractivity contribution in [3.8, 4) is 0 Å². The number of likely N-dealkylation sites (tertiary alicyclic amines) is 1. The normalized spacial score (nSPS) is 20.2. The molecule has 1 fully saturated rings. The molecule has 5 nitrogen and oxygen atoms in total. The first-order chi connectivity index (χ1) is 14.2. The lowest BCUT2D eigenvalue weighted by Crippen LogP contribution is -2.45. The van der Waals surface area contributed by atoms with Crippen LogP contribution in [0.1, 0.15) is 36.9 Å². The van der Waals surface area contributed by atoms with Crippen LogP contribution in [0, 0.1) is 12.8 Å². The number of amides is 1. The van der Waals surface area contributed by atoms with Crippen molar-refractivity contribution < 1.29 is 18.0 Å². The fraction of sp³-hybridized carbons (Fsp3) is 0.455. The highest BCUT2D eigenvalue weighted by Crippen LogP contribution is 2.42. The van der Waals surface area contributed by atoms with Gasteiger partial charge in [0, 0.05) is 17.7 Å². The average Bonchev–Trinajstić information content (AvgIpc) is 2.81. The molecule has 0 bridgehead atoms. The number of pyridine rings is 1. The van der Waals surface area contributed by atoms with Crippen molar-refractivity contribution in [1.82, 2.24) is 9.88 Å². The van der Waals surface area contributed by atoms with Crippen LogP contribution in [-0.4, -0.2) is 41.6 Å². The van der Waals surface area contributed by atoms with E-state index >= 15 is 0 Å². The number of piperidine rings is 1. The van der Waals surface area contributed by atoms with Gasteiger partial charge in [-0.1, -0.05) is 12.1 Å². The SMILES string of the molecule is Cc1ccc2c(c1)N(C(=O)C1CCN(CC(F)(F)F)CC1)C(C)c1cccnc1N2. The smallest absolute Gasteiger partial charge is 0.338 e. The maximum Gasteiger partial charge on any atom is 0.401 e. The molecule has 2 aromatic rings. The molecule has 4 rings (SSSR count). The minimum Gasteiger partial charge on any atom is -0.338 e. The molecule has 0 radical (unpaired) electrons. The van der Waals surface area contributed by atoms with Crippen molar-refractivity contribution in [2.45, 2.75) is 38.9 Å². The number of rotatable bonds is 2. The van der Waals surface area contributed by atoms with Crippen molar-refractivity contribution in [2.24, 2.45) is 5.92 Å². The molecule has 1 aromatic heterocycles. The molecule has 30 heavy (non-hydrogen) atoms. The third kappa shape index (κ3) is 4.14. The Morgan fingerprint density at radius 2 is 1.97 bits per heavy atom. The predicted octanol–water partition coefficient (Wildman–Crippen LogP) is 4.82. The number of fused-ring (bicyclic) bond motifs is 2. The van der Waals surface area contributed by atoms with E-state index in [0.717, 1.165) is 22.5 Å². The molecular weight excluding hydrogens is 393 g/mol. The van der Waals surface area contributed by atoms with E-state index in [2.05, 4.69) is 10.3 Å². The second-order valence-corrected chi connectivity index (χ2v) is 8.14. The molecule has 8 heteroatoms. The second kappa shape index (κ2) is 7.91. The lowest BCUT2D eigenvalue weighted by Gasteiger charge is -2.36. The van der Waals surface area contributed by atoms with E-state index in [1.807, 2.05) is 44.2 Å². The Morgan fingerprint density at radius 3 is 2.67 bits per heavy atom. The molecule has 160 valence electrons. The van der Waals surface area contributed by atoms with E-state index < -0.39 is 12.7 Å². The number of hydrogen-bond donors (Lipinski definition) is 1. The first kappa shape index (κ1) is 20.7. The highest BCUT2D eigenvalue weighted by molar-refractivity contribution is 6.00. The number of carbonyl (C=O) groups is 1. The summed E-state index contributed by atoms with van der Waals surface area (Å²) in [5, 5.41) is 3.34. The Hall–Kier alpha value is -2.61. The van der Waals surface area contributed by atoms with Crippen LogP contribution in [0.3, 0.4) is 0 Å². The van der Waals surface area contributed by atoms with Gasteiger partial charge in [0.2, 0.25) is 5.91 Å². The summed E-state index contributed by atoms with van der Waals surface area (Å²) in [4.78, 5) is 21.3. The van der Waals surface area contributed by atoms with Gasteiger partial charge < -0.3 is 10.2 Å². The Bertz CT molecular complexity index is 938. The van der Waals surface area contributed by atoms with Crippen LogP contribution in [0.5, 0.6) is 0 Å². The minimum atomic E-state index is -4.21. The van der Waals surface area contributed by atoms with E-state index in [-0.39, 0.29) is 31.0 Å². The summed E-state index contributed by atoms with van der Waals surface area (Å²) in [6.45, 7) is 3.57. The first-order valence-corrected chi connectivity index (χ1v) is 10.2. The van der Waals surface area contributed by atoms with Crippen molar-refractivity contribution in [2.75, 3.05) is 29.9 Å². The van der Waals surface area contributed by atoms with Gasteiger partial charge in [0.1, 0.15) is 5.82 Å². The van der Waals surface area contributed by atoms with E-state index in [9.17, 15) is 18.0 Å². The number of carbonyl (C=O) groups excluding carboxylic acids is 1. The van der Waals surface area contributed by atoms with Crippen LogP contribution in [0.4, 0.5) is 30.4 Å². The summed E-state index contributed by atoms with van der Waals surface area (Å²) in [6.07, 6.45) is -1.66. The van der Waals surface area contributed by atoms with Gasteiger partial charge >= 0.3 is 6.18 Å². The standard InChI is InChI=1S/C22H25F3N4O/c1-14-5-6-18-19(12-14)29(15(2)17-4-3-9-26-20(17)27-18)21(30)16-7-10-28(11-8-16)13-22(23,24)25/h3-6,9,12,15-16H,7-8,10-11,13H2,1-2H3,(H,26,27). The third-order valence-corrected chi connectivity index (χ3v) is 5.92. The number of aryl methyl sites for hydroxylation is 1. The van der Waals surface area contributed by atoms with Crippen molar-refractivity contribution in [3.05, 3.63) is 47.7 Å². The van der Waals surface area contributed by atoms with E-state index in [0.29, 0.717) is 18.7 Å². The molecule has 0 aliphatic carbocycles. The number of nitrogens with zero attached hydrogens (tertiary/aromatic N) is 3. The Balaban J connectivity index is 1.62. The highest BCUT2D eigenvalue weighted by Gasteiger charge is 2.38. The molecule has 0 spiro atoms. The second-order valence-electron chi connectivity index (χ2n) is 8.14. The topological polar surface area (TPSA) is 48.5 Å². The summed E-state index contributed by atoms with van der Waals surface area (Å²) in [7, 11) is 0. The maximum atomic E-state index is 13.6. The lowest BCUT2D eigenvalue weighted by molar-refractivity contribution is -0.149. The molecule has 1 N–H and O–H groups in total. The Kier molecular flexibility index (Phi) is 5.44. The predicted molar refractivity (Wildman–Crippen MR) is 110 cm³/mol. The molecule has 0 saturated carbocycles. The van der Waals surface area contributed by atoms with E-state index in [4.69, 9.17) is 0 Å². The van der Waals surface area contributed by atoms with Gasteiger partial charge in [-0.3, -0.25) is 9.69 Å². The summed E-state index contributed by atoms with van der Waals surface area (Å²) in [5.41, 5.74) is 3.52. The first-order valence-electron chi connectivity index (χ1n) is 10.2. The van der Waals surface area contributed by atoms with Crippen LogP contribution in [-0.2, 0) is 4.79 Å². The Morgan fingerprint density at radius 1 is 1.23 bits per heavy atom. The summed E-state index contributed by atoms with van der Waals surface area (Å²) < 4.78 is 38.1. The lowest BCUT2D eigenvalue weighted by atomic mass is 9.93. The molecule has 2 aliphatic rings. The molecule has 1 aromatic carbocycles. The molecule has 2 aliphatic heterocycles. The monoisotopic (exact) mass is 418 g/mol. The number of benzene rings is 1. The highest BCUT2D eigenvalue weighted by atomic mass is 19.4. The van der Waals surface area contributed by atoms with Gasteiger partial charge in [-0.2, -0.15) is 13.2 Å². The fourth-order valence-corrected chi connectivity index (χ4v) is 4.38. The van der Waals surface area contributed by atoms with Crippen molar-refractivity contribution in [3.63, 3.8) is 0 Å².